The van der Waals surface area contributed by atoms with E-state index in [1.807, 2.05) is 36.4 Å². The molecular formula is C13H9Cl3S. The lowest BCUT2D eigenvalue weighted by Gasteiger charge is -2.13. The van der Waals surface area contributed by atoms with Crippen molar-refractivity contribution in [3.8, 4) is 0 Å². The average Bonchev–Trinajstić information content (AvgIpc) is 2.29. The predicted molar refractivity (Wildman–Crippen MR) is 78.7 cm³/mol. The molecular weight excluding hydrogens is 295 g/mol. The van der Waals surface area contributed by atoms with E-state index in [9.17, 15) is 0 Å². The van der Waals surface area contributed by atoms with Crippen molar-refractivity contribution in [3.63, 3.8) is 0 Å². The van der Waals surface area contributed by atoms with Crippen LogP contribution in [0.1, 0.15) is 16.4 Å². The van der Waals surface area contributed by atoms with Crippen LogP contribution in [0.4, 0.5) is 0 Å². The lowest BCUT2D eigenvalue weighted by molar-refractivity contribution is 1.17. The molecule has 4 heteroatoms. The second-order valence-electron chi connectivity index (χ2n) is 3.62. The van der Waals surface area contributed by atoms with Crippen molar-refractivity contribution >= 4 is 47.4 Å². The number of benzene rings is 2. The van der Waals surface area contributed by atoms with Crippen LogP contribution in [0.25, 0.3) is 0 Å². The highest BCUT2D eigenvalue weighted by molar-refractivity contribution is 7.80. The maximum Gasteiger partial charge on any atom is 0.0531 e. The summed E-state index contributed by atoms with van der Waals surface area (Å²) in [7, 11) is 0. The molecule has 0 radical (unpaired) electrons. The zero-order valence-corrected chi connectivity index (χ0v) is 11.9. The summed E-state index contributed by atoms with van der Waals surface area (Å²) >= 11 is 22.4. The molecule has 1 unspecified atom stereocenters. The van der Waals surface area contributed by atoms with Gasteiger partial charge in [-0.1, -0.05) is 53.0 Å². The summed E-state index contributed by atoms with van der Waals surface area (Å²) in [4.78, 5) is 0. The van der Waals surface area contributed by atoms with Crippen molar-refractivity contribution in [1.29, 1.82) is 0 Å². The fourth-order valence-electron chi connectivity index (χ4n) is 1.55. The van der Waals surface area contributed by atoms with E-state index in [1.54, 1.807) is 6.07 Å². The van der Waals surface area contributed by atoms with Gasteiger partial charge in [-0.3, -0.25) is 0 Å². The molecule has 0 bridgehead atoms. The van der Waals surface area contributed by atoms with Crippen molar-refractivity contribution < 1.29 is 0 Å². The molecule has 2 aromatic rings. The fourth-order valence-corrected chi connectivity index (χ4v) is 2.66. The van der Waals surface area contributed by atoms with Gasteiger partial charge in [-0.15, -0.1) is 0 Å². The quantitative estimate of drug-likeness (QED) is 0.679. The Bertz CT molecular complexity index is 523. The zero-order chi connectivity index (χ0) is 12.4. The minimum Gasteiger partial charge on any atom is -0.166 e. The summed E-state index contributed by atoms with van der Waals surface area (Å²) in [6, 6.07) is 13.0. The Morgan fingerprint density at radius 3 is 2.00 bits per heavy atom. The van der Waals surface area contributed by atoms with Crippen LogP contribution in [-0.2, 0) is 0 Å². The Labute approximate surface area is 121 Å². The van der Waals surface area contributed by atoms with Crippen LogP contribution in [0.3, 0.4) is 0 Å². The molecule has 0 heterocycles. The molecule has 0 nitrogen and oxygen atoms in total. The third kappa shape index (κ3) is 3.11. The van der Waals surface area contributed by atoms with Crippen LogP contribution < -0.4 is 0 Å². The normalized spacial score (nSPS) is 12.5. The molecule has 17 heavy (non-hydrogen) atoms. The van der Waals surface area contributed by atoms with Gasteiger partial charge in [-0.2, -0.15) is 12.6 Å². The number of rotatable bonds is 2. The van der Waals surface area contributed by atoms with Crippen molar-refractivity contribution in [1.82, 2.24) is 0 Å². The second kappa shape index (κ2) is 5.53. The fraction of sp³-hybridized carbons (Fsp3) is 0.0769. The van der Waals surface area contributed by atoms with Gasteiger partial charge in [-0.05, 0) is 35.4 Å². The third-order valence-corrected chi connectivity index (χ3v) is 3.83. The van der Waals surface area contributed by atoms with E-state index in [0.29, 0.717) is 15.1 Å². The summed E-state index contributed by atoms with van der Waals surface area (Å²) in [5.41, 5.74) is 1.98. The monoisotopic (exact) mass is 302 g/mol. The molecule has 0 aromatic heterocycles. The topological polar surface area (TPSA) is 0 Å². The number of hydrogen-bond donors (Lipinski definition) is 1. The summed E-state index contributed by atoms with van der Waals surface area (Å²) in [6.45, 7) is 0. The highest BCUT2D eigenvalue weighted by Gasteiger charge is 2.12. The summed E-state index contributed by atoms with van der Waals surface area (Å²) in [6.07, 6.45) is 0. The molecule has 0 saturated carbocycles. The number of thiol groups is 1. The van der Waals surface area contributed by atoms with Gasteiger partial charge < -0.3 is 0 Å². The van der Waals surface area contributed by atoms with Crippen LogP contribution >= 0.6 is 47.4 Å². The maximum absolute atomic E-state index is 6.15. The standard InChI is InChI=1S/C13H9Cl3S/c14-9-3-1-8(2-4-9)13(17)11-6-5-10(15)7-12(11)16/h1-7,13,17H. The molecule has 1 atom stereocenters. The predicted octanol–water partition coefficient (Wildman–Crippen LogP) is 5.67. The first-order valence-corrected chi connectivity index (χ1v) is 6.61. The molecule has 0 amide bonds. The van der Waals surface area contributed by atoms with Crippen molar-refractivity contribution in [2.24, 2.45) is 0 Å². The lowest BCUT2D eigenvalue weighted by atomic mass is 10.0. The summed E-state index contributed by atoms with van der Waals surface area (Å²) in [5.74, 6) is 0. The first-order chi connectivity index (χ1) is 8.08. The van der Waals surface area contributed by atoms with Gasteiger partial charge in [-0.25, -0.2) is 0 Å². The van der Waals surface area contributed by atoms with Crippen LogP contribution in [-0.4, -0.2) is 0 Å². The van der Waals surface area contributed by atoms with Crippen LogP contribution in [0.2, 0.25) is 15.1 Å². The maximum atomic E-state index is 6.15. The summed E-state index contributed by atoms with van der Waals surface area (Å²) in [5, 5.41) is 1.86. The molecule has 0 spiro atoms. The van der Waals surface area contributed by atoms with Crippen LogP contribution in [0.5, 0.6) is 0 Å². The molecule has 0 saturated heterocycles. The molecule has 0 aliphatic rings. The Morgan fingerprint density at radius 1 is 0.824 bits per heavy atom. The van der Waals surface area contributed by atoms with Gasteiger partial charge in [0.05, 0.1) is 5.25 Å². The number of halogens is 3. The first kappa shape index (κ1) is 13.1. The van der Waals surface area contributed by atoms with E-state index >= 15 is 0 Å². The first-order valence-electron chi connectivity index (χ1n) is 4.96. The summed E-state index contributed by atoms with van der Waals surface area (Å²) < 4.78 is 0. The van der Waals surface area contributed by atoms with Gasteiger partial charge in [0.2, 0.25) is 0 Å². The van der Waals surface area contributed by atoms with E-state index < -0.39 is 0 Å². The zero-order valence-electron chi connectivity index (χ0n) is 8.70. The minimum absolute atomic E-state index is 0.0861. The Kier molecular flexibility index (Phi) is 4.26. The second-order valence-corrected chi connectivity index (χ2v) is 5.42. The van der Waals surface area contributed by atoms with Gasteiger partial charge in [0.1, 0.15) is 0 Å². The smallest absolute Gasteiger partial charge is 0.0531 e. The Hall–Kier alpha value is -0.340. The molecule has 0 N–H and O–H groups in total. The van der Waals surface area contributed by atoms with E-state index in [2.05, 4.69) is 12.6 Å². The molecule has 0 aliphatic carbocycles. The van der Waals surface area contributed by atoms with Crippen molar-refractivity contribution in [3.05, 3.63) is 68.7 Å². The van der Waals surface area contributed by atoms with Gasteiger partial charge in [0.15, 0.2) is 0 Å². The van der Waals surface area contributed by atoms with E-state index in [4.69, 9.17) is 34.8 Å². The van der Waals surface area contributed by atoms with Gasteiger partial charge >= 0.3 is 0 Å². The minimum atomic E-state index is -0.0861. The highest BCUT2D eigenvalue weighted by Crippen LogP contribution is 2.34. The van der Waals surface area contributed by atoms with Crippen LogP contribution in [0.15, 0.2) is 42.5 Å². The largest absolute Gasteiger partial charge is 0.166 e. The van der Waals surface area contributed by atoms with Crippen molar-refractivity contribution in [2.75, 3.05) is 0 Å². The molecule has 2 aromatic carbocycles. The molecule has 0 aliphatic heterocycles. The van der Waals surface area contributed by atoms with E-state index in [1.165, 1.54) is 0 Å². The highest BCUT2D eigenvalue weighted by atomic mass is 35.5. The SMILES string of the molecule is SC(c1ccc(Cl)cc1)c1ccc(Cl)cc1Cl. The lowest BCUT2D eigenvalue weighted by Crippen LogP contribution is -1.94. The van der Waals surface area contributed by atoms with Crippen molar-refractivity contribution in [2.45, 2.75) is 5.25 Å². The van der Waals surface area contributed by atoms with Gasteiger partial charge in [0, 0.05) is 15.1 Å². The van der Waals surface area contributed by atoms with Crippen LogP contribution in [0, 0.1) is 0 Å². The van der Waals surface area contributed by atoms with Gasteiger partial charge in [0.25, 0.3) is 0 Å². The Balaban J connectivity index is 2.36. The Morgan fingerprint density at radius 2 is 1.41 bits per heavy atom. The average molecular weight is 304 g/mol. The molecule has 2 rings (SSSR count). The molecule has 0 fully saturated rings. The third-order valence-electron chi connectivity index (χ3n) is 2.44. The van der Waals surface area contributed by atoms with E-state index in [-0.39, 0.29) is 5.25 Å². The number of hydrogen-bond acceptors (Lipinski definition) is 1. The molecule has 88 valence electrons. The van der Waals surface area contributed by atoms with E-state index in [0.717, 1.165) is 11.1 Å².